The topological polar surface area (TPSA) is 61.4 Å². The van der Waals surface area contributed by atoms with E-state index in [1.165, 1.54) is 0 Å². The third kappa shape index (κ3) is 5.23. The molecule has 2 N–H and O–H groups in total. The number of halogens is 1. The number of hydrogen-bond acceptors (Lipinski definition) is 2. The number of amides is 3. The number of likely N-dealkylation sites (tertiary alicyclic amines) is 1. The average molecular weight is 382 g/mol. The lowest BCUT2D eigenvalue weighted by Crippen LogP contribution is -2.45. The largest absolute Gasteiger partial charge is 0.356 e. The van der Waals surface area contributed by atoms with Crippen molar-refractivity contribution in [2.75, 3.05) is 25.0 Å². The van der Waals surface area contributed by atoms with E-state index in [9.17, 15) is 9.59 Å². The monoisotopic (exact) mass is 381 g/mol. The van der Waals surface area contributed by atoms with Gasteiger partial charge in [-0.15, -0.1) is 0 Å². The average Bonchev–Trinajstić information content (AvgIpc) is 2.56. The second kappa shape index (κ2) is 8.34. The molecule has 1 aliphatic heterocycles. The molecule has 2 rings (SSSR count). The summed E-state index contributed by atoms with van der Waals surface area (Å²) in [6, 6.07) is 5.70. The number of rotatable bonds is 4. The third-order valence-electron chi connectivity index (χ3n) is 4.12. The number of nitrogens with zero attached hydrogens (tertiary/aromatic N) is 1. The van der Waals surface area contributed by atoms with Gasteiger partial charge < -0.3 is 15.5 Å². The lowest BCUT2D eigenvalue weighted by molar-refractivity contribution is -0.121. The van der Waals surface area contributed by atoms with Crippen molar-refractivity contribution in [1.82, 2.24) is 10.2 Å². The zero-order valence-electron chi connectivity index (χ0n) is 13.7. The quantitative estimate of drug-likeness (QED) is 0.837. The highest BCUT2D eigenvalue weighted by Gasteiger charge is 2.24. The molecule has 1 saturated heterocycles. The Hall–Kier alpha value is -1.56. The van der Waals surface area contributed by atoms with Crippen LogP contribution in [0.4, 0.5) is 10.5 Å². The number of urea groups is 1. The summed E-state index contributed by atoms with van der Waals surface area (Å²) in [5, 5.41) is 5.88. The van der Waals surface area contributed by atoms with Gasteiger partial charge in [-0.3, -0.25) is 4.79 Å². The maximum atomic E-state index is 12.4. The lowest BCUT2D eigenvalue weighted by Gasteiger charge is -2.32. The van der Waals surface area contributed by atoms with Crippen LogP contribution >= 0.6 is 15.9 Å². The number of anilines is 1. The van der Waals surface area contributed by atoms with Gasteiger partial charge in [-0.05, 0) is 49.4 Å². The van der Waals surface area contributed by atoms with Crippen LogP contribution < -0.4 is 10.6 Å². The van der Waals surface area contributed by atoms with Crippen LogP contribution in [0.1, 0.15) is 31.7 Å². The zero-order chi connectivity index (χ0) is 16.8. The smallest absolute Gasteiger partial charge is 0.321 e. The van der Waals surface area contributed by atoms with Gasteiger partial charge >= 0.3 is 6.03 Å². The van der Waals surface area contributed by atoms with E-state index in [1.807, 2.05) is 36.9 Å². The molecule has 5 nitrogen and oxygen atoms in total. The Morgan fingerprint density at radius 3 is 2.87 bits per heavy atom. The zero-order valence-corrected chi connectivity index (χ0v) is 15.3. The van der Waals surface area contributed by atoms with Crippen LogP contribution in [0.25, 0.3) is 0 Å². The molecule has 126 valence electrons. The standard InChI is InChI=1S/C17H24BrN3O2/c1-3-16(22)19-10-13-5-4-8-21(11-13)17(23)20-14-6-7-15(18)12(2)9-14/h6-7,9,13H,3-5,8,10-11H2,1-2H3,(H,19,22)(H,20,23). The van der Waals surface area contributed by atoms with Gasteiger partial charge in [0.05, 0.1) is 0 Å². The molecule has 0 spiro atoms. The van der Waals surface area contributed by atoms with Crippen LogP contribution in [-0.4, -0.2) is 36.5 Å². The van der Waals surface area contributed by atoms with Crippen molar-refractivity contribution in [2.24, 2.45) is 5.92 Å². The fourth-order valence-corrected chi connectivity index (χ4v) is 2.97. The Morgan fingerprint density at radius 1 is 1.39 bits per heavy atom. The third-order valence-corrected chi connectivity index (χ3v) is 5.01. The number of benzene rings is 1. The van der Waals surface area contributed by atoms with Crippen LogP contribution in [0.2, 0.25) is 0 Å². The molecule has 1 heterocycles. The second-order valence-corrected chi connectivity index (χ2v) is 6.86. The van der Waals surface area contributed by atoms with E-state index in [-0.39, 0.29) is 11.9 Å². The van der Waals surface area contributed by atoms with Gasteiger partial charge in [-0.25, -0.2) is 4.79 Å². The molecule has 6 heteroatoms. The van der Waals surface area contributed by atoms with Crippen LogP contribution in [0.15, 0.2) is 22.7 Å². The van der Waals surface area contributed by atoms with E-state index in [1.54, 1.807) is 0 Å². The summed E-state index contributed by atoms with van der Waals surface area (Å²) in [6.45, 7) is 5.93. The maximum Gasteiger partial charge on any atom is 0.321 e. The van der Waals surface area contributed by atoms with Gasteiger partial charge in [-0.2, -0.15) is 0 Å². The molecule has 1 aliphatic rings. The molecule has 1 unspecified atom stereocenters. The Balaban J connectivity index is 1.88. The highest BCUT2D eigenvalue weighted by Crippen LogP contribution is 2.21. The van der Waals surface area contributed by atoms with Gasteiger partial charge in [0.15, 0.2) is 0 Å². The molecule has 1 fully saturated rings. The molecule has 1 atom stereocenters. The summed E-state index contributed by atoms with van der Waals surface area (Å²) < 4.78 is 1.03. The summed E-state index contributed by atoms with van der Waals surface area (Å²) in [5.74, 6) is 0.397. The lowest BCUT2D eigenvalue weighted by atomic mass is 9.98. The van der Waals surface area contributed by atoms with Crippen molar-refractivity contribution in [3.05, 3.63) is 28.2 Å². The molecule has 0 aliphatic carbocycles. The summed E-state index contributed by atoms with van der Waals surface area (Å²) in [5.41, 5.74) is 1.89. The first-order chi connectivity index (χ1) is 11.0. The minimum atomic E-state index is -0.0711. The first kappa shape index (κ1) is 17.8. The molecule has 23 heavy (non-hydrogen) atoms. The summed E-state index contributed by atoms with van der Waals surface area (Å²) >= 11 is 3.46. The van der Waals surface area contributed by atoms with Crippen molar-refractivity contribution in [3.8, 4) is 0 Å². The van der Waals surface area contributed by atoms with Gasteiger partial charge in [0, 0.05) is 36.2 Å². The second-order valence-electron chi connectivity index (χ2n) is 6.01. The van der Waals surface area contributed by atoms with Crippen molar-refractivity contribution < 1.29 is 9.59 Å². The number of hydrogen-bond donors (Lipinski definition) is 2. The van der Waals surface area contributed by atoms with E-state index in [4.69, 9.17) is 0 Å². The van der Waals surface area contributed by atoms with Crippen molar-refractivity contribution in [2.45, 2.75) is 33.1 Å². The predicted molar refractivity (Wildman–Crippen MR) is 95.5 cm³/mol. The maximum absolute atomic E-state index is 12.4. The molecule has 0 aromatic heterocycles. The van der Waals surface area contributed by atoms with E-state index in [0.717, 1.165) is 35.1 Å². The van der Waals surface area contributed by atoms with Crippen molar-refractivity contribution in [1.29, 1.82) is 0 Å². The van der Waals surface area contributed by atoms with Crippen molar-refractivity contribution in [3.63, 3.8) is 0 Å². The van der Waals surface area contributed by atoms with E-state index >= 15 is 0 Å². The van der Waals surface area contributed by atoms with Crippen LogP contribution in [0, 0.1) is 12.8 Å². The van der Waals surface area contributed by atoms with Crippen LogP contribution in [0.3, 0.4) is 0 Å². The number of carbonyl (C=O) groups is 2. The minimum absolute atomic E-state index is 0.0666. The molecule has 0 saturated carbocycles. The first-order valence-corrected chi connectivity index (χ1v) is 8.87. The Kier molecular flexibility index (Phi) is 6.45. The highest BCUT2D eigenvalue weighted by molar-refractivity contribution is 9.10. The molecular weight excluding hydrogens is 358 g/mol. The van der Waals surface area contributed by atoms with Crippen LogP contribution in [0.5, 0.6) is 0 Å². The molecule has 1 aromatic rings. The van der Waals surface area contributed by atoms with E-state index in [2.05, 4.69) is 26.6 Å². The van der Waals surface area contributed by atoms with Gasteiger partial charge in [0.1, 0.15) is 0 Å². The van der Waals surface area contributed by atoms with Gasteiger partial charge in [0.25, 0.3) is 0 Å². The molecular formula is C17H24BrN3O2. The summed E-state index contributed by atoms with van der Waals surface area (Å²) in [6.07, 6.45) is 2.52. The Labute approximate surface area is 145 Å². The first-order valence-electron chi connectivity index (χ1n) is 8.08. The van der Waals surface area contributed by atoms with Crippen molar-refractivity contribution >= 4 is 33.6 Å². The Morgan fingerprint density at radius 2 is 2.17 bits per heavy atom. The summed E-state index contributed by atoms with van der Waals surface area (Å²) in [7, 11) is 0. The number of piperidine rings is 1. The number of aryl methyl sites for hydroxylation is 1. The fourth-order valence-electron chi connectivity index (χ4n) is 2.72. The summed E-state index contributed by atoms with van der Waals surface area (Å²) in [4.78, 5) is 25.6. The molecule has 1 aromatic carbocycles. The molecule has 3 amide bonds. The normalized spacial score (nSPS) is 17.7. The highest BCUT2D eigenvalue weighted by atomic mass is 79.9. The fraction of sp³-hybridized carbons (Fsp3) is 0.529. The number of carbonyl (C=O) groups excluding carboxylic acids is 2. The predicted octanol–water partition coefficient (Wildman–Crippen LogP) is 3.53. The molecule has 0 radical (unpaired) electrons. The minimum Gasteiger partial charge on any atom is -0.356 e. The SMILES string of the molecule is CCC(=O)NCC1CCCN(C(=O)Nc2ccc(Br)c(C)c2)C1. The van der Waals surface area contributed by atoms with E-state index in [0.29, 0.717) is 25.4 Å². The van der Waals surface area contributed by atoms with Crippen LogP contribution in [-0.2, 0) is 4.79 Å². The van der Waals surface area contributed by atoms with Gasteiger partial charge in [0.2, 0.25) is 5.91 Å². The van der Waals surface area contributed by atoms with E-state index < -0.39 is 0 Å². The Bertz CT molecular complexity index is 577. The molecule has 0 bridgehead atoms. The number of nitrogens with one attached hydrogen (secondary N) is 2. The van der Waals surface area contributed by atoms with Gasteiger partial charge in [-0.1, -0.05) is 22.9 Å².